The lowest BCUT2D eigenvalue weighted by Gasteiger charge is -2.12. The Bertz CT molecular complexity index is 706. The minimum atomic E-state index is -1.02. The number of nitrogens with two attached hydrogens (primary N) is 1. The van der Waals surface area contributed by atoms with Gasteiger partial charge in [0.25, 0.3) is 0 Å². The van der Waals surface area contributed by atoms with Crippen molar-refractivity contribution >= 4 is 51.2 Å². The third kappa shape index (κ3) is 4.46. The highest BCUT2D eigenvalue weighted by Gasteiger charge is 2.14. The van der Waals surface area contributed by atoms with Crippen molar-refractivity contribution in [2.75, 3.05) is 0 Å². The zero-order valence-corrected chi connectivity index (χ0v) is 15.6. The Balaban J connectivity index is 2.17. The Morgan fingerprint density at radius 1 is 1.18 bits per heavy atom. The second-order valence-corrected chi connectivity index (χ2v) is 6.94. The van der Waals surface area contributed by atoms with Crippen LogP contribution in [0.4, 0.5) is 0 Å². The van der Waals surface area contributed by atoms with E-state index in [9.17, 15) is 9.90 Å². The third-order valence-electron chi connectivity index (χ3n) is 2.92. The molecule has 2 rings (SSSR count). The van der Waals surface area contributed by atoms with Crippen LogP contribution in [0.5, 0.6) is 17.2 Å². The molecule has 0 aliphatic rings. The maximum absolute atomic E-state index is 10.8. The summed E-state index contributed by atoms with van der Waals surface area (Å²) in [5.41, 5.74) is 6.42. The van der Waals surface area contributed by atoms with E-state index in [1.165, 1.54) is 0 Å². The maximum Gasteiger partial charge on any atom is 0.320 e. The van der Waals surface area contributed by atoms with E-state index in [0.29, 0.717) is 11.5 Å². The lowest BCUT2D eigenvalue weighted by Crippen LogP contribution is -2.32. The van der Waals surface area contributed by atoms with Crippen LogP contribution in [0.2, 0.25) is 0 Å². The molecule has 0 fully saturated rings. The SMILES string of the molecule is N[C@H](Cc1ccc(Oc2ccc(O)cc2I)cc1I)C(=O)O. The molecule has 0 amide bonds. The summed E-state index contributed by atoms with van der Waals surface area (Å²) in [5.74, 6) is 0.448. The first-order valence-electron chi connectivity index (χ1n) is 6.30. The van der Waals surface area contributed by atoms with Crippen LogP contribution in [0.25, 0.3) is 0 Å². The number of phenolic OH excluding ortho intramolecular Hbond substituents is 1. The number of aliphatic carboxylic acids is 1. The molecule has 0 saturated carbocycles. The molecule has 0 aromatic heterocycles. The predicted molar refractivity (Wildman–Crippen MR) is 99.4 cm³/mol. The summed E-state index contributed by atoms with van der Waals surface area (Å²) in [5, 5.41) is 18.3. The molecule has 0 aliphatic carbocycles. The average molecular weight is 525 g/mol. The topological polar surface area (TPSA) is 92.8 Å². The Morgan fingerprint density at radius 3 is 2.50 bits per heavy atom. The van der Waals surface area contributed by atoms with Crippen LogP contribution in [0, 0.1) is 7.14 Å². The van der Waals surface area contributed by atoms with Gasteiger partial charge in [0.05, 0.1) is 3.57 Å². The number of carboxylic acids is 1. The lowest BCUT2D eigenvalue weighted by molar-refractivity contribution is -0.138. The monoisotopic (exact) mass is 525 g/mol. The van der Waals surface area contributed by atoms with Gasteiger partial charge in [-0.2, -0.15) is 0 Å². The number of halogens is 2. The summed E-state index contributed by atoms with van der Waals surface area (Å²) >= 11 is 4.21. The molecular weight excluding hydrogens is 512 g/mol. The Kier molecular flexibility index (Phi) is 5.87. The van der Waals surface area contributed by atoms with Gasteiger partial charge in [0.1, 0.15) is 23.3 Å². The molecule has 2 aromatic carbocycles. The minimum absolute atomic E-state index is 0.185. The molecule has 1 atom stereocenters. The standard InChI is InChI=1S/C15H13I2NO4/c16-11-7-10(3-1-8(11)5-13(18)15(20)21)22-14-4-2-9(19)6-12(14)17/h1-4,6-7,13,19H,5,18H2,(H,20,21)/t13-/m1/s1. The van der Waals surface area contributed by atoms with E-state index in [0.717, 1.165) is 12.7 Å². The second-order valence-electron chi connectivity index (χ2n) is 4.62. The first kappa shape index (κ1) is 17.3. The van der Waals surface area contributed by atoms with Gasteiger partial charge in [-0.3, -0.25) is 4.79 Å². The summed E-state index contributed by atoms with van der Waals surface area (Å²) in [6.07, 6.45) is 0.268. The highest BCUT2D eigenvalue weighted by atomic mass is 127. The van der Waals surface area contributed by atoms with Crippen molar-refractivity contribution in [1.82, 2.24) is 0 Å². The molecule has 4 N–H and O–H groups in total. The van der Waals surface area contributed by atoms with Crippen LogP contribution < -0.4 is 10.5 Å². The number of aromatic hydroxyl groups is 1. The van der Waals surface area contributed by atoms with Crippen LogP contribution in [0.3, 0.4) is 0 Å². The predicted octanol–water partition coefficient (Wildman–Crippen LogP) is 3.35. The average Bonchev–Trinajstić information content (AvgIpc) is 2.44. The van der Waals surface area contributed by atoms with Crippen LogP contribution in [-0.2, 0) is 11.2 Å². The fourth-order valence-electron chi connectivity index (χ4n) is 1.78. The van der Waals surface area contributed by atoms with Gasteiger partial charge in [0, 0.05) is 3.57 Å². The second kappa shape index (κ2) is 7.47. The van der Waals surface area contributed by atoms with Crippen molar-refractivity contribution in [2.45, 2.75) is 12.5 Å². The van der Waals surface area contributed by atoms with Gasteiger partial charge in [0.15, 0.2) is 0 Å². The highest BCUT2D eigenvalue weighted by Crippen LogP contribution is 2.30. The number of carbonyl (C=O) groups is 1. The fraction of sp³-hybridized carbons (Fsp3) is 0.133. The van der Waals surface area contributed by atoms with Crippen molar-refractivity contribution in [2.24, 2.45) is 5.73 Å². The first-order valence-corrected chi connectivity index (χ1v) is 8.45. The van der Waals surface area contributed by atoms with E-state index in [1.54, 1.807) is 24.3 Å². The van der Waals surface area contributed by atoms with E-state index in [1.807, 2.05) is 12.1 Å². The number of phenols is 1. The molecule has 0 spiro atoms. The third-order valence-corrected chi connectivity index (χ3v) is 4.77. The van der Waals surface area contributed by atoms with Crippen LogP contribution in [0.1, 0.15) is 5.56 Å². The number of ether oxygens (including phenoxy) is 1. The summed E-state index contributed by atoms with van der Waals surface area (Å²) in [7, 11) is 0. The molecule has 0 radical (unpaired) electrons. The summed E-state index contributed by atoms with van der Waals surface area (Å²) < 4.78 is 7.47. The quantitative estimate of drug-likeness (QED) is 0.522. The van der Waals surface area contributed by atoms with Crippen LogP contribution >= 0.6 is 45.2 Å². The van der Waals surface area contributed by atoms with Crippen molar-refractivity contribution in [1.29, 1.82) is 0 Å². The zero-order chi connectivity index (χ0) is 16.3. The van der Waals surface area contributed by atoms with E-state index >= 15 is 0 Å². The molecule has 0 saturated heterocycles. The number of carboxylic acid groups (broad SMARTS) is 1. The van der Waals surface area contributed by atoms with Crippen molar-refractivity contribution in [3.05, 3.63) is 49.1 Å². The van der Waals surface area contributed by atoms with Crippen molar-refractivity contribution in [3.8, 4) is 17.2 Å². The molecule has 0 heterocycles. The van der Waals surface area contributed by atoms with Gasteiger partial charge in [-0.25, -0.2) is 0 Å². The molecule has 0 aliphatic heterocycles. The van der Waals surface area contributed by atoms with Gasteiger partial charge in [-0.05, 0) is 87.5 Å². The number of hydrogen-bond donors (Lipinski definition) is 3. The molecule has 5 nitrogen and oxygen atoms in total. The molecule has 116 valence electrons. The van der Waals surface area contributed by atoms with Gasteiger partial charge in [-0.15, -0.1) is 0 Å². The maximum atomic E-state index is 10.8. The smallest absolute Gasteiger partial charge is 0.320 e. The summed E-state index contributed by atoms with van der Waals surface area (Å²) in [6.45, 7) is 0. The zero-order valence-electron chi connectivity index (χ0n) is 11.3. The van der Waals surface area contributed by atoms with E-state index < -0.39 is 12.0 Å². The van der Waals surface area contributed by atoms with Crippen molar-refractivity contribution < 1.29 is 19.7 Å². The summed E-state index contributed by atoms with van der Waals surface area (Å²) in [4.78, 5) is 10.8. The van der Waals surface area contributed by atoms with E-state index in [-0.39, 0.29) is 12.2 Å². The lowest BCUT2D eigenvalue weighted by atomic mass is 10.1. The van der Waals surface area contributed by atoms with Gasteiger partial charge < -0.3 is 20.7 Å². The van der Waals surface area contributed by atoms with E-state index in [2.05, 4.69) is 45.2 Å². The Morgan fingerprint density at radius 2 is 1.91 bits per heavy atom. The fourth-order valence-corrected chi connectivity index (χ4v) is 3.10. The highest BCUT2D eigenvalue weighted by molar-refractivity contribution is 14.1. The first-order chi connectivity index (χ1) is 10.4. The van der Waals surface area contributed by atoms with Crippen LogP contribution in [0.15, 0.2) is 36.4 Å². The largest absolute Gasteiger partial charge is 0.508 e. The van der Waals surface area contributed by atoms with E-state index in [4.69, 9.17) is 15.6 Å². The number of rotatable bonds is 5. The minimum Gasteiger partial charge on any atom is -0.508 e. The summed E-state index contributed by atoms with van der Waals surface area (Å²) in [6, 6.07) is 9.36. The molecule has 0 unspecified atom stereocenters. The number of hydrogen-bond acceptors (Lipinski definition) is 4. The number of benzene rings is 2. The Hall–Kier alpha value is -1.07. The molecule has 0 bridgehead atoms. The van der Waals surface area contributed by atoms with Gasteiger partial charge in [-0.1, -0.05) is 6.07 Å². The molecular formula is C15H13I2NO4. The van der Waals surface area contributed by atoms with Crippen molar-refractivity contribution in [3.63, 3.8) is 0 Å². The molecule has 22 heavy (non-hydrogen) atoms. The Labute approximate surface area is 154 Å². The normalized spacial score (nSPS) is 12.0. The van der Waals surface area contributed by atoms with Crippen LogP contribution in [-0.4, -0.2) is 22.2 Å². The molecule has 7 heteroatoms. The van der Waals surface area contributed by atoms with Gasteiger partial charge >= 0.3 is 5.97 Å². The van der Waals surface area contributed by atoms with Gasteiger partial charge in [0.2, 0.25) is 0 Å². The molecule has 2 aromatic rings.